The van der Waals surface area contributed by atoms with E-state index in [2.05, 4.69) is 20.6 Å². The van der Waals surface area contributed by atoms with Crippen molar-refractivity contribution in [1.29, 1.82) is 0 Å². The maximum atomic E-state index is 12.9. The largest absolute Gasteiger partial charge is 0.312 e. The Kier molecular flexibility index (Phi) is 4.94. The van der Waals surface area contributed by atoms with Gasteiger partial charge in [-0.25, -0.2) is 9.67 Å². The number of thiophene rings is 1. The van der Waals surface area contributed by atoms with Gasteiger partial charge in [0.25, 0.3) is 5.56 Å². The van der Waals surface area contributed by atoms with Crippen LogP contribution >= 0.6 is 23.7 Å². The van der Waals surface area contributed by atoms with Crippen molar-refractivity contribution >= 4 is 45.0 Å². The summed E-state index contributed by atoms with van der Waals surface area (Å²) in [7, 11) is 0. The summed E-state index contributed by atoms with van der Waals surface area (Å²) < 4.78 is 3.63. The zero-order valence-corrected chi connectivity index (χ0v) is 16.2. The molecule has 0 aliphatic carbocycles. The van der Waals surface area contributed by atoms with Crippen LogP contribution in [0, 0.1) is 0 Å². The minimum atomic E-state index is 0. The van der Waals surface area contributed by atoms with Crippen LogP contribution in [0.15, 0.2) is 35.4 Å². The van der Waals surface area contributed by atoms with Crippen LogP contribution < -0.4 is 10.9 Å². The maximum absolute atomic E-state index is 12.9. The minimum absolute atomic E-state index is 0. The predicted octanol–water partition coefficient (Wildman–Crippen LogP) is 2.36. The van der Waals surface area contributed by atoms with Crippen molar-refractivity contribution in [2.45, 2.75) is 32.5 Å². The number of halogens is 1. The van der Waals surface area contributed by atoms with E-state index in [1.54, 1.807) is 22.2 Å². The van der Waals surface area contributed by atoms with Gasteiger partial charge < -0.3 is 5.32 Å². The summed E-state index contributed by atoms with van der Waals surface area (Å²) in [6, 6.07) is 7.91. The number of aryl methyl sites for hydroxylation is 2. The van der Waals surface area contributed by atoms with Gasteiger partial charge in [0.15, 0.2) is 0 Å². The molecule has 0 unspecified atom stereocenters. The van der Waals surface area contributed by atoms with Gasteiger partial charge in [0, 0.05) is 24.5 Å². The highest BCUT2D eigenvalue weighted by Gasteiger charge is 2.19. The van der Waals surface area contributed by atoms with Gasteiger partial charge in [-0.1, -0.05) is 17.3 Å². The van der Waals surface area contributed by atoms with Crippen molar-refractivity contribution in [2.75, 3.05) is 6.54 Å². The van der Waals surface area contributed by atoms with E-state index in [0.29, 0.717) is 6.54 Å². The zero-order valence-electron chi connectivity index (χ0n) is 14.6. The number of hydrogen-bond acceptors (Lipinski definition) is 6. The number of fused-ring (bicyclic) bond motifs is 4. The first-order chi connectivity index (χ1) is 12.8. The van der Waals surface area contributed by atoms with E-state index < -0.39 is 0 Å². The molecular formula is C18H19ClN6OS. The number of aromatic nitrogens is 5. The quantitative estimate of drug-likeness (QED) is 0.567. The summed E-state index contributed by atoms with van der Waals surface area (Å²) in [6.45, 7) is 3.11. The van der Waals surface area contributed by atoms with Gasteiger partial charge in [0.1, 0.15) is 10.3 Å². The van der Waals surface area contributed by atoms with Gasteiger partial charge >= 0.3 is 0 Å². The second-order valence-electron chi connectivity index (χ2n) is 6.51. The molecule has 0 bridgehead atoms. The van der Waals surface area contributed by atoms with Crippen LogP contribution in [-0.4, -0.2) is 31.1 Å². The Morgan fingerprint density at radius 1 is 1.22 bits per heavy atom. The molecule has 0 fully saturated rings. The Hall–Kier alpha value is -2.29. The van der Waals surface area contributed by atoms with Gasteiger partial charge in [-0.15, -0.1) is 28.8 Å². The van der Waals surface area contributed by atoms with Crippen LogP contribution in [0.25, 0.3) is 21.3 Å². The maximum Gasteiger partial charge on any atom is 0.262 e. The summed E-state index contributed by atoms with van der Waals surface area (Å²) >= 11 is 1.64. The molecule has 7 nitrogen and oxygen atoms in total. The monoisotopic (exact) mass is 402 g/mol. The summed E-state index contributed by atoms with van der Waals surface area (Å²) in [5.41, 5.74) is 3.19. The molecule has 0 amide bonds. The van der Waals surface area contributed by atoms with Crippen molar-refractivity contribution in [2.24, 2.45) is 0 Å². The first-order valence-corrected chi connectivity index (χ1v) is 9.61. The third-order valence-electron chi connectivity index (χ3n) is 4.89. The molecule has 1 N–H and O–H groups in total. The Balaban J connectivity index is 0.00000180. The highest BCUT2D eigenvalue weighted by molar-refractivity contribution is 7.18. The average molecular weight is 403 g/mol. The molecule has 27 heavy (non-hydrogen) atoms. The highest BCUT2D eigenvalue weighted by Crippen LogP contribution is 2.29. The van der Waals surface area contributed by atoms with Gasteiger partial charge in [-0.3, -0.25) is 9.36 Å². The standard InChI is InChI=1S/C18H18N6OS.ClH/c25-18-16-12-6-7-19-10-15(12)26-17(16)20-11-23(18)8-3-9-24-14-5-2-1-4-13(14)21-22-24;/h1-2,4-5,11,19H,3,6-10H2;1H. The van der Waals surface area contributed by atoms with Crippen LogP contribution in [0.1, 0.15) is 16.9 Å². The van der Waals surface area contributed by atoms with E-state index in [1.807, 2.05) is 28.9 Å². The van der Waals surface area contributed by atoms with Gasteiger partial charge in [-0.2, -0.15) is 0 Å². The summed E-state index contributed by atoms with van der Waals surface area (Å²) in [5.74, 6) is 0. The average Bonchev–Trinajstić information content (AvgIpc) is 3.25. The molecule has 1 aliphatic rings. The fourth-order valence-electron chi connectivity index (χ4n) is 3.58. The molecule has 1 aromatic carbocycles. The molecule has 0 spiro atoms. The Bertz CT molecular complexity index is 1160. The fraction of sp³-hybridized carbons (Fsp3) is 0.333. The number of hydrogen-bond donors (Lipinski definition) is 1. The normalized spacial score (nSPS) is 13.6. The molecule has 3 aromatic heterocycles. The molecule has 0 radical (unpaired) electrons. The molecule has 0 saturated heterocycles. The van der Waals surface area contributed by atoms with Crippen LogP contribution in [0.5, 0.6) is 0 Å². The lowest BCUT2D eigenvalue weighted by atomic mass is 10.1. The van der Waals surface area contributed by atoms with Gasteiger partial charge in [0.2, 0.25) is 0 Å². The molecule has 4 aromatic rings. The number of nitrogens with one attached hydrogen (secondary N) is 1. The smallest absolute Gasteiger partial charge is 0.262 e. The highest BCUT2D eigenvalue weighted by atomic mass is 35.5. The third kappa shape index (κ3) is 3.13. The summed E-state index contributed by atoms with van der Waals surface area (Å²) in [6.07, 6.45) is 3.38. The van der Waals surface area contributed by atoms with E-state index in [9.17, 15) is 4.79 Å². The van der Waals surface area contributed by atoms with Crippen LogP contribution in [0.4, 0.5) is 0 Å². The second-order valence-corrected chi connectivity index (χ2v) is 7.59. The lowest BCUT2D eigenvalue weighted by Crippen LogP contribution is -2.25. The molecule has 140 valence electrons. The van der Waals surface area contributed by atoms with Crippen molar-refractivity contribution in [3.05, 3.63) is 51.4 Å². The van der Waals surface area contributed by atoms with Crippen molar-refractivity contribution in [1.82, 2.24) is 29.9 Å². The lowest BCUT2D eigenvalue weighted by molar-refractivity contribution is 0.517. The SMILES string of the molecule is Cl.O=c1c2c3c(sc2ncn1CCCn1nnc2ccccc21)CNCC3. The van der Waals surface area contributed by atoms with Gasteiger partial charge in [-0.05, 0) is 37.1 Å². The zero-order chi connectivity index (χ0) is 17.5. The molecule has 5 rings (SSSR count). The molecule has 9 heteroatoms. The topological polar surface area (TPSA) is 77.6 Å². The van der Waals surface area contributed by atoms with Crippen molar-refractivity contribution < 1.29 is 0 Å². The van der Waals surface area contributed by atoms with E-state index in [4.69, 9.17) is 0 Å². The second kappa shape index (κ2) is 7.38. The Morgan fingerprint density at radius 2 is 2.11 bits per heavy atom. The van der Waals surface area contributed by atoms with Crippen LogP contribution in [-0.2, 0) is 26.1 Å². The van der Waals surface area contributed by atoms with E-state index in [0.717, 1.165) is 53.7 Å². The third-order valence-corrected chi connectivity index (χ3v) is 6.03. The van der Waals surface area contributed by atoms with Gasteiger partial charge in [0.05, 0.1) is 17.2 Å². The lowest BCUT2D eigenvalue weighted by Gasteiger charge is -2.12. The summed E-state index contributed by atoms with van der Waals surface area (Å²) in [4.78, 5) is 19.6. The number of benzene rings is 1. The summed E-state index contributed by atoms with van der Waals surface area (Å²) in [5, 5.41) is 12.6. The molecule has 4 heterocycles. The van der Waals surface area contributed by atoms with Crippen LogP contribution in [0.3, 0.4) is 0 Å². The molecule has 0 atom stereocenters. The van der Waals surface area contributed by atoms with E-state index >= 15 is 0 Å². The molecule has 0 saturated carbocycles. The number of nitrogens with zero attached hydrogens (tertiary/aromatic N) is 5. The number of rotatable bonds is 4. The Morgan fingerprint density at radius 3 is 3.04 bits per heavy atom. The predicted molar refractivity (Wildman–Crippen MR) is 109 cm³/mol. The fourth-order valence-corrected chi connectivity index (χ4v) is 4.73. The first-order valence-electron chi connectivity index (χ1n) is 8.80. The molecule has 1 aliphatic heterocycles. The Labute approximate surface area is 165 Å². The van der Waals surface area contributed by atoms with Crippen molar-refractivity contribution in [3.8, 4) is 0 Å². The first kappa shape index (κ1) is 18.1. The van der Waals surface area contributed by atoms with Crippen LogP contribution in [0.2, 0.25) is 0 Å². The minimum Gasteiger partial charge on any atom is -0.312 e. The number of para-hydroxylation sites is 1. The van der Waals surface area contributed by atoms with E-state index in [1.165, 1.54) is 10.4 Å². The van der Waals surface area contributed by atoms with Crippen molar-refractivity contribution in [3.63, 3.8) is 0 Å². The van der Waals surface area contributed by atoms with E-state index in [-0.39, 0.29) is 18.0 Å². The molecular weight excluding hydrogens is 384 g/mol.